The fourth-order valence-corrected chi connectivity index (χ4v) is 2.95. The molecule has 0 spiro atoms. The van der Waals surface area contributed by atoms with Crippen molar-refractivity contribution in [1.29, 1.82) is 0 Å². The fourth-order valence-electron chi connectivity index (χ4n) is 1.41. The molecule has 0 saturated carbocycles. The molecule has 0 aromatic heterocycles. The zero-order chi connectivity index (χ0) is 14.3. The predicted molar refractivity (Wildman–Crippen MR) is 80.9 cm³/mol. The highest BCUT2D eigenvalue weighted by molar-refractivity contribution is 9.10. The molecule has 1 aromatic rings. The van der Waals surface area contributed by atoms with E-state index in [4.69, 9.17) is 9.47 Å². The molecule has 0 bridgehead atoms. The number of ether oxygens (including phenoxy) is 2. The van der Waals surface area contributed by atoms with Crippen molar-refractivity contribution in [3.05, 3.63) is 22.7 Å². The molecule has 19 heavy (non-hydrogen) atoms. The monoisotopic (exact) mass is 347 g/mol. The number of carbonyl (C=O) groups excluding carboxylic acids is 1. The highest BCUT2D eigenvalue weighted by Gasteiger charge is 2.16. The standard InChI is InChI=1S/C13H18BrNO3S/c1-9(13(16)15-6-7-17-2)19-12-8-10(14)4-5-11(12)18-3/h4-5,8-9H,6-7H2,1-3H3,(H,15,16)/t9-/m0/s1. The van der Waals surface area contributed by atoms with Crippen molar-refractivity contribution in [2.45, 2.75) is 17.1 Å². The van der Waals surface area contributed by atoms with Crippen LogP contribution in [-0.2, 0) is 9.53 Å². The number of hydrogen-bond donors (Lipinski definition) is 1. The zero-order valence-corrected chi connectivity index (χ0v) is 13.6. The van der Waals surface area contributed by atoms with E-state index in [-0.39, 0.29) is 11.2 Å². The molecule has 1 atom stereocenters. The average Bonchev–Trinajstić information content (AvgIpc) is 2.39. The fraction of sp³-hybridized carbons (Fsp3) is 0.462. The normalized spacial score (nSPS) is 12.0. The summed E-state index contributed by atoms with van der Waals surface area (Å²) in [5, 5.41) is 2.62. The summed E-state index contributed by atoms with van der Waals surface area (Å²) in [5.74, 6) is 0.758. The molecule has 6 heteroatoms. The maximum absolute atomic E-state index is 11.9. The third kappa shape index (κ3) is 5.42. The van der Waals surface area contributed by atoms with Crippen molar-refractivity contribution in [3.8, 4) is 5.75 Å². The molecule has 106 valence electrons. The Morgan fingerprint density at radius 3 is 2.84 bits per heavy atom. The number of thioether (sulfide) groups is 1. The van der Waals surface area contributed by atoms with Gasteiger partial charge in [-0.3, -0.25) is 4.79 Å². The van der Waals surface area contributed by atoms with Gasteiger partial charge in [0.15, 0.2) is 0 Å². The summed E-state index contributed by atoms with van der Waals surface area (Å²) in [4.78, 5) is 12.8. The molecule has 1 aromatic carbocycles. The van der Waals surface area contributed by atoms with Gasteiger partial charge in [-0.1, -0.05) is 15.9 Å². The van der Waals surface area contributed by atoms with Crippen LogP contribution in [0.2, 0.25) is 0 Å². The molecule has 1 rings (SSSR count). The van der Waals surface area contributed by atoms with E-state index in [9.17, 15) is 4.79 Å². The van der Waals surface area contributed by atoms with Gasteiger partial charge in [0.1, 0.15) is 5.75 Å². The Morgan fingerprint density at radius 1 is 1.47 bits per heavy atom. The summed E-state index contributed by atoms with van der Waals surface area (Å²) in [6, 6.07) is 5.73. The second-order valence-corrected chi connectivity index (χ2v) is 6.14. The van der Waals surface area contributed by atoms with E-state index < -0.39 is 0 Å². The second-order valence-electron chi connectivity index (χ2n) is 3.84. The molecule has 0 aliphatic heterocycles. The smallest absolute Gasteiger partial charge is 0.233 e. The van der Waals surface area contributed by atoms with Crippen LogP contribution >= 0.6 is 27.7 Å². The Bertz CT molecular complexity index is 428. The van der Waals surface area contributed by atoms with Gasteiger partial charge >= 0.3 is 0 Å². The number of methoxy groups -OCH3 is 2. The summed E-state index contributed by atoms with van der Waals surface area (Å²) in [7, 11) is 3.23. The maximum Gasteiger partial charge on any atom is 0.233 e. The van der Waals surface area contributed by atoms with Crippen molar-refractivity contribution in [1.82, 2.24) is 5.32 Å². The van der Waals surface area contributed by atoms with Crippen LogP contribution in [0.5, 0.6) is 5.75 Å². The lowest BCUT2D eigenvalue weighted by atomic mass is 10.3. The minimum absolute atomic E-state index is 0.0101. The number of rotatable bonds is 7. The topological polar surface area (TPSA) is 47.6 Å². The zero-order valence-electron chi connectivity index (χ0n) is 11.2. The minimum atomic E-state index is -0.194. The van der Waals surface area contributed by atoms with Gasteiger partial charge in [-0.2, -0.15) is 0 Å². The summed E-state index contributed by atoms with van der Waals surface area (Å²) < 4.78 is 11.1. The summed E-state index contributed by atoms with van der Waals surface area (Å²) >= 11 is 4.88. The van der Waals surface area contributed by atoms with E-state index in [1.165, 1.54) is 11.8 Å². The molecule has 0 heterocycles. The number of nitrogens with one attached hydrogen (secondary N) is 1. The first-order valence-corrected chi connectivity index (χ1v) is 7.52. The lowest BCUT2D eigenvalue weighted by Crippen LogP contribution is -2.33. The van der Waals surface area contributed by atoms with Crippen molar-refractivity contribution >= 4 is 33.6 Å². The number of halogens is 1. The highest BCUT2D eigenvalue weighted by Crippen LogP contribution is 2.34. The van der Waals surface area contributed by atoms with Crippen LogP contribution in [-0.4, -0.2) is 38.5 Å². The van der Waals surface area contributed by atoms with Crippen LogP contribution in [0.1, 0.15) is 6.92 Å². The van der Waals surface area contributed by atoms with Crippen LogP contribution in [0, 0.1) is 0 Å². The summed E-state index contributed by atoms with van der Waals surface area (Å²) in [5.41, 5.74) is 0. The van der Waals surface area contributed by atoms with Gasteiger partial charge in [0, 0.05) is 18.1 Å². The number of carbonyl (C=O) groups is 1. The maximum atomic E-state index is 11.9. The van der Waals surface area contributed by atoms with Crippen molar-refractivity contribution in [3.63, 3.8) is 0 Å². The molecule has 4 nitrogen and oxygen atoms in total. The van der Waals surface area contributed by atoms with Gasteiger partial charge in [0.2, 0.25) is 5.91 Å². The van der Waals surface area contributed by atoms with Gasteiger partial charge in [-0.25, -0.2) is 0 Å². The molecular formula is C13H18BrNO3S. The van der Waals surface area contributed by atoms with Gasteiger partial charge < -0.3 is 14.8 Å². The van der Waals surface area contributed by atoms with Crippen LogP contribution in [0.25, 0.3) is 0 Å². The van der Waals surface area contributed by atoms with Crippen molar-refractivity contribution in [2.75, 3.05) is 27.4 Å². The largest absolute Gasteiger partial charge is 0.496 e. The molecule has 0 unspecified atom stereocenters. The van der Waals surface area contributed by atoms with Gasteiger partial charge in [0.25, 0.3) is 0 Å². The highest BCUT2D eigenvalue weighted by atomic mass is 79.9. The van der Waals surface area contributed by atoms with E-state index >= 15 is 0 Å². The first-order chi connectivity index (χ1) is 9.08. The van der Waals surface area contributed by atoms with Crippen LogP contribution in [0.15, 0.2) is 27.6 Å². The molecule has 1 N–H and O–H groups in total. The lowest BCUT2D eigenvalue weighted by Gasteiger charge is -2.14. The van der Waals surface area contributed by atoms with Crippen LogP contribution < -0.4 is 10.1 Å². The molecule has 0 aliphatic carbocycles. The lowest BCUT2D eigenvalue weighted by molar-refractivity contribution is -0.120. The molecule has 0 aliphatic rings. The summed E-state index contributed by atoms with van der Waals surface area (Å²) in [6.07, 6.45) is 0. The van der Waals surface area contributed by atoms with Crippen LogP contribution in [0.3, 0.4) is 0 Å². The van der Waals surface area contributed by atoms with Gasteiger partial charge in [0.05, 0.1) is 23.9 Å². The quantitative estimate of drug-likeness (QED) is 0.608. The van der Waals surface area contributed by atoms with Gasteiger partial charge in [-0.15, -0.1) is 11.8 Å². The predicted octanol–water partition coefficient (Wildman–Crippen LogP) is 2.70. The van der Waals surface area contributed by atoms with Crippen molar-refractivity contribution < 1.29 is 14.3 Å². The van der Waals surface area contributed by atoms with E-state index in [2.05, 4.69) is 21.2 Å². The average molecular weight is 348 g/mol. The summed E-state index contributed by atoms with van der Waals surface area (Å²) in [6.45, 7) is 2.91. The van der Waals surface area contributed by atoms with E-state index in [1.807, 2.05) is 25.1 Å². The van der Waals surface area contributed by atoms with Crippen LogP contribution in [0.4, 0.5) is 0 Å². The molecular weight excluding hydrogens is 330 g/mol. The molecule has 0 saturated heterocycles. The Labute approximate surface area is 126 Å². The Balaban J connectivity index is 2.62. The van der Waals surface area contributed by atoms with E-state index in [1.54, 1.807) is 14.2 Å². The molecule has 0 radical (unpaired) electrons. The SMILES string of the molecule is COCCNC(=O)[C@H](C)Sc1cc(Br)ccc1OC. The number of amides is 1. The third-order valence-corrected chi connectivity index (χ3v) is 4.04. The Morgan fingerprint density at radius 2 is 2.21 bits per heavy atom. The molecule has 0 fully saturated rings. The first kappa shape index (κ1) is 16.3. The van der Waals surface area contributed by atoms with Crippen molar-refractivity contribution in [2.24, 2.45) is 0 Å². The Kier molecular flexibility index (Phi) is 7.27. The van der Waals surface area contributed by atoms with E-state index in [0.717, 1.165) is 15.1 Å². The third-order valence-electron chi connectivity index (χ3n) is 2.40. The Hall–Kier alpha value is -0.720. The van der Waals surface area contributed by atoms with E-state index in [0.29, 0.717) is 13.2 Å². The first-order valence-electron chi connectivity index (χ1n) is 5.85. The second kappa shape index (κ2) is 8.45. The minimum Gasteiger partial charge on any atom is -0.496 e. The number of benzene rings is 1. The number of hydrogen-bond acceptors (Lipinski definition) is 4. The van der Waals surface area contributed by atoms with Gasteiger partial charge in [-0.05, 0) is 25.1 Å². The molecule has 1 amide bonds.